The van der Waals surface area contributed by atoms with Crippen LogP contribution in [0.1, 0.15) is 5.56 Å². The molecule has 1 fully saturated rings. The Morgan fingerprint density at radius 1 is 1.13 bits per heavy atom. The molecule has 1 aliphatic heterocycles. The summed E-state index contributed by atoms with van der Waals surface area (Å²) in [5.74, 6) is -0.211. The van der Waals surface area contributed by atoms with E-state index in [4.69, 9.17) is 5.11 Å². The highest BCUT2D eigenvalue weighted by molar-refractivity contribution is 5.86. The molecule has 31 heavy (non-hydrogen) atoms. The molecule has 1 aliphatic rings. The van der Waals surface area contributed by atoms with Crippen LogP contribution in [0.3, 0.4) is 0 Å². The van der Waals surface area contributed by atoms with Gasteiger partial charge in [-0.15, -0.1) is 0 Å². The van der Waals surface area contributed by atoms with E-state index in [2.05, 4.69) is 40.2 Å². The first-order valence-corrected chi connectivity index (χ1v) is 10.3. The number of aliphatic hydroxyl groups is 1. The van der Waals surface area contributed by atoms with E-state index in [1.165, 1.54) is 5.56 Å². The van der Waals surface area contributed by atoms with E-state index in [1.54, 1.807) is 23.1 Å². The van der Waals surface area contributed by atoms with Crippen LogP contribution in [0.2, 0.25) is 0 Å². The Labute approximate surface area is 179 Å². The number of fused-ring (bicyclic) bond motifs is 1. The van der Waals surface area contributed by atoms with Crippen molar-refractivity contribution in [3.05, 3.63) is 69.5 Å². The summed E-state index contributed by atoms with van der Waals surface area (Å²) in [6.07, 6.45) is 3.35. The quantitative estimate of drug-likeness (QED) is 0.564. The number of aliphatic hydroxyl groups excluding tert-OH is 1. The van der Waals surface area contributed by atoms with Gasteiger partial charge in [0.1, 0.15) is 6.61 Å². The summed E-state index contributed by atoms with van der Waals surface area (Å²) < 4.78 is 0. The molecule has 0 radical (unpaired) electrons. The van der Waals surface area contributed by atoms with Crippen molar-refractivity contribution in [1.82, 2.24) is 19.8 Å². The third-order valence-electron chi connectivity index (χ3n) is 5.68. The molecule has 0 aliphatic carbocycles. The van der Waals surface area contributed by atoms with E-state index in [1.807, 2.05) is 12.1 Å². The summed E-state index contributed by atoms with van der Waals surface area (Å²) >= 11 is 0. The maximum absolute atomic E-state index is 12.6. The minimum Gasteiger partial charge on any atom is -0.387 e. The number of H-pyrrole nitrogens is 2. The Morgan fingerprint density at radius 2 is 1.90 bits per heavy atom. The van der Waals surface area contributed by atoms with Crippen LogP contribution in [0, 0.1) is 0 Å². The average Bonchev–Trinajstić information content (AvgIpc) is 3.19. The predicted molar refractivity (Wildman–Crippen MR) is 123 cm³/mol. The Morgan fingerprint density at radius 3 is 2.61 bits per heavy atom. The zero-order valence-electron chi connectivity index (χ0n) is 17.4. The summed E-state index contributed by atoms with van der Waals surface area (Å²) in [6.45, 7) is 10.8. The number of hydrogen-bond donors (Lipinski definition) is 3. The second-order valence-electron chi connectivity index (χ2n) is 7.77. The van der Waals surface area contributed by atoms with E-state index in [-0.39, 0.29) is 11.5 Å². The molecule has 3 heterocycles. The van der Waals surface area contributed by atoms with Gasteiger partial charge in [-0.2, -0.15) is 0 Å². The highest BCUT2D eigenvalue weighted by Gasteiger charge is 2.20. The van der Waals surface area contributed by atoms with E-state index >= 15 is 0 Å². The van der Waals surface area contributed by atoms with E-state index in [0.29, 0.717) is 24.0 Å². The van der Waals surface area contributed by atoms with Crippen LogP contribution in [-0.2, 0) is 11.3 Å². The third-order valence-corrected chi connectivity index (χ3v) is 5.68. The van der Waals surface area contributed by atoms with Crippen LogP contribution in [0.4, 0.5) is 0 Å². The van der Waals surface area contributed by atoms with E-state index in [9.17, 15) is 9.59 Å². The lowest BCUT2D eigenvalue weighted by atomic mass is 10.1. The Balaban J connectivity index is 1.54. The Hall–Kier alpha value is -3.42. The lowest BCUT2D eigenvalue weighted by Gasteiger charge is -2.34. The number of carbonyl (C=O) groups is 1. The lowest BCUT2D eigenvalue weighted by Crippen LogP contribution is -2.49. The predicted octanol–water partition coefficient (Wildman–Crippen LogP) is 0.537. The highest BCUT2D eigenvalue weighted by Crippen LogP contribution is 2.23. The fourth-order valence-electron chi connectivity index (χ4n) is 3.99. The molecule has 1 amide bonds. The van der Waals surface area contributed by atoms with Gasteiger partial charge in [0.15, 0.2) is 0 Å². The molecule has 0 saturated carbocycles. The van der Waals surface area contributed by atoms with Crippen molar-refractivity contribution in [3.63, 3.8) is 0 Å². The summed E-state index contributed by atoms with van der Waals surface area (Å²) in [7, 11) is 0. The SMILES string of the molecule is C=C/C=c1/[nH]c(=O)c(-c2cc3cc(CN4CCN(C(=O)CO)CC4)ccc3[nH]2)cc1=C. The number of nitrogens with one attached hydrogen (secondary N) is 2. The van der Waals surface area contributed by atoms with Crippen molar-refractivity contribution in [2.45, 2.75) is 6.54 Å². The first-order chi connectivity index (χ1) is 15.0. The van der Waals surface area contributed by atoms with Gasteiger partial charge in [0, 0.05) is 49.0 Å². The summed E-state index contributed by atoms with van der Waals surface area (Å²) in [4.78, 5) is 34.4. The Bertz CT molecular complexity index is 1300. The van der Waals surface area contributed by atoms with Crippen molar-refractivity contribution < 1.29 is 9.90 Å². The molecule has 0 spiro atoms. The van der Waals surface area contributed by atoms with Crippen LogP contribution >= 0.6 is 0 Å². The minimum absolute atomic E-state index is 0.178. The minimum atomic E-state index is -0.430. The molecular weight excluding hydrogens is 392 g/mol. The smallest absolute Gasteiger partial charge is 0.257 e. The average molecular weight is 418 g/mol. The van der Waals surface area contributed by atoms with Gasteiger partial charge in [-0.3, -0.25) is 14.5 Å². The van der Waals surface area contributed by atoms with Gasteiger partial charge < -0.3 is 20.0 Å². The van der Waals surface area contributed by atoms with Crippen LogP contribution in [0.25, 0.3) is 34.8 Å². The number of aromatic amines is 2. The van der Waals surface area contributed by atoms with Crippen molar-refractivity contribution in [3.8, 4) is 11.3 Å². The van der Waals surface area contributed by atoms with Crippen LogP contribution in [-0.4, -0.2) is 63.6 Å². The molecule has 2 aromatic heterocycles. The second-order valence-corrected chi connectivity index (χ2v) is 7.77. The first-order valence-electron chi connectivity index (χ1n) is 10.3. The number of carbonyl (C=O) groups excluding carboxylic acids is 1. The molecule has 7 heteroatoms. The molecule has 0 atom stereocenters. The number of allylic oxidation sites excluding steroid dienone is 1. The van der Waals surface area contributed by atoms with Crippen molar-refractivity contribution in [1.29, 1.82) is 0 Å². The summed E-state index contributed by atoms with van der Waals surface area (Å²) in [5, 5.41) is 11.4. The first kappa shape index (κ1) is 20.8. The fourth-order valence-corrected chi connectivity index (χ4v) is 3.99. The largest absolute Gasteiger partial charge is 0.387 e. The van der Waals surface area contributed by atoms with Gasteiger partial charge in [0.25, 0.3) is 5.56 Å². The highest BCUT2D eigenvalue weighted by atomic mass is 16.3. The number of piperazine rings is 1. The van der Waals surface area contributed by atoms with Gasteiger partial charge in [-0.1, -0.05) is 25.3 Å². The number of amides is 1. The third kappa shape index (κ3) is 4.38. The van der Waals surface area contributed by atoms with Gasteiger partial charge >= 0.3 is 0 Å². The Kier molecular flexibility index (Phi) is 5.88. The maximum Gasteiger partial charge on any atom is 0.257 e. The molecule has 1 saturated heterocycles. The lowest BCUT2D eigenvalue weighted by molar-refractivity contribution is -0.135. The number of aromatic nitrogens is 2. The monoisotopic (exact) mass is 418 g/mol. The molecule has 3 aromatic rings. The van der Waals surface area contributed by atoms with Crippen molar-refractivity contribution >= 4 is 29.5 Å². The molecule has 7 nitrogen and oxygen atoms in total. The van der Waals surface area contributed by atoms with Gasteiger partial charge in [-0.05, 0) is 41.1 Å². The molecule has 1 aromatic carbocycles. The number of hydrogen-bond acceptors (Lipinski definition) is 4. The molecule has 3 N–H and O–H groups in total. The van der Waals surface area contributed by atoms with E-state index < -0.39 is 6.61 Å². The van der Waals surface area contributed by atoms with Crippen LogP contribution in [0.5, 0.6) is 0 Å². The van der Waals surface area contributed by atoms with Gasteiger partial charge in [0.05, 0.1) is 11.3 Å². The van der Waals surface area contributed by atoms with Crippen LogP contribution in [0.15, 0.2) is 47.8 Å². The number of rotatable bonds is 5. The van der Waals surface area contributed by atoms with Crippen molar-refractivity contribution in [2.75, 3.05) is 32.8 Å². The fraction of sp³-hybridized carbons (Fsp3) is 0.250. The molecule has 160 valence electrons. The molecular formula is C24H26N4O3. The molecule has 0 unspecified atom stereocenters. The maximum atomic E-state index is 12.6. The molecule has 4 rings (SSSR count). The summed E-state index contributed by atoms with van der Waals surface area (Å²) in [5.41, 5.74) is 3.25. The molecule has 0 bridgehead atoms. The number of pyridine rings is 1. The summed E-state index contributed by atoms with van der Waals surface area (Å²) in [6, 6.07) is 10.00. The number of nitrogens with zero attached hydrogens (tertiary/aromatic N) is 2. The second kappa shape index (κ2) is 8.75. The van der Waals surface area contributed by atoms with Crippen LogP contribution < -0.4 is 16.1 Å². The normalized spacial score (nSPS) is 15.5. The van der Waals surface area contributed by atoms with E-state index in [0.717, 1.165) is 41.4 Å². The van der Waals surface area contributed by atoms with Gasteiger partial charge in [-0.25, -0.2) is 0 Å². The zero-order chi connectivity index (χ0) is 22.0. The topological polar surface area (TPSA) is 92.4 Å². The van der Waals surface area contributed by atoms with Gasteiger partial charge in [0.2, 0.25) is 5.91 Å². The number of benzene rings is 1. The van der Waals surface area contributed by atoms with Crippen molar-refractivity contribution in [2.24, 2.45) is 0 Å². The standard InChI is InChI=1S/C24H26N4O3/c1-3-4-20-16(2)11-19(24(31)26-20)22-13-18-12-17(5-6-21(18)25-22)14-27-7-9-28(10-8-27)23(30)15-29/h3-6,11-13,25,29H,1-2,7-10,14-15H2,(H,26,31)/b20-4+. The zero-order valence-corrected chi connectivity index (χ0v) is 17.4.